The van der Waals surface area contributed by atoms with Gasteiger partial charge in [-0.05, 0) is 30.8 Å². The maximum atomic E-state index is 12.0. The number of amides is 1. The van der Waals surface area contributed by atoms with Crippen LogP contribution in [-0.4, -0.2) is 24.9 Å². The van der Waals surface area contributed by atoms with Crippen molar-refractivity contribution in [3.63, 3.8) is 0 Å². The molecule has 0 saturated carbocycles. The van der Waals surface area contributed by atoms with Crippen LogP contribution >= 0.6 is 0 Å². The van der Waals surface area contributed by atoms with Gasteiger partial charge in [-0.3, -0.25) is 4.79 Å². The van der Waals surface area contributed by atoms with E-state index in [4.69, 9.17) is 0 Å². The van der Waals surface area contributed by atoms with Gasteiger partial charge < -0.3 is 10.2 Å². The highest BCUT2D eigenvalue weighted by Gasteiger charge is 2.06. The Bertz CT molecular complexity index is 579. The molecule has 2 aromatic rings. The van der Waals surface area contributed by atoms with Gasteiger partial charge in [0.1, 0.15) is 0 Å². The second-order valence-electron chi connectivity index (χ2n) is 5.45. The summed E-state index contributed by atoms with van der Waals surface area (Å²) < 4.78 is 0. The quantitative estimate of drug-likeness (QED) is 0.883. The molecule has 2 rings (SSSR count). The Morgan fingerprint density at radius 2 is 1.57 bits per heavy atom. The van der Waals surface area contributed by atoms with Crippen LogP contribution in [0.2, 0.25) is 0 Å². The summed E-state index contributed by atoms with van der Waals surface area (Å²) in [5, 5.41) is 3.00. The van der Waals surface area contributed by atoms with Crippen molar-refractivity contribution < 1.29 is 4.79 Å². The van der Waals surface area contributed by atoms with E-state index in [9.17, 15) is 4.79 Å². The highest BCUT2D eigenvalue weighted by Crippen LogP contribution is 2.10. The summed E-state index contributed by atoms with van der Waals surface area (Å²) in [5.41, 5.74) is 3.46. The molecular weight excluding hydrogens is 260 g/mol. The minimum atomic E-state index is 0.0563. The van der Waals surface area contributed by atoms with E-state index >= 15 is 0 Å². The first-order valence-electron chi connectivity index (χ1n) is 7.17. The van der Waals surface area contributed by atoms with Crippen molar-refractivity contribution in [1.82, 2.24) is 10.2 Å². The van der Waals surface area contributed by atoms with Gasteiger partial charge in [-0.25, -0.2) is 0 Å². The maximum Gasteiger partial charge on any atom is 0.224 e. The minimum absolute atomic E-state index is 0.0563. The molecule has 3 heteroatoms. The maximum absolute atomic E-state index is 12.0. The van der Waals surface area contributed by atoms with E-state index in [1.165, 1.54) is 11.1 Å². The summed E-state index contributed by atoms with van der Waals surface area (Å²) in [5.74, 6) is 0.0563. The van der Waals surface area contributed by atoms with Crippen molar-refractivity contribution in [3.8, 4) is 0 Å². The smallest absolute Gasteiger partial charge is 0.224 e. The van der Waals surface area contributed by atoms with Gasteiger partial charge in [0.05, 0.1) is 6.42 Å². The minimum Gasteiger partial charge on any atom is -0.352 e. The van der Waals surface area contributed by atoms with Crippen LogP contribution in [0.1, 0.15) is 16.7 Å². The fraction of sp³-hybridized carbons (Fsp3) is 0.278. The van der Waals surface area contributed by atoms with E-state index in [1.54, 1.807) is 0 Å². The fourth-order valence-corrected chi connectivity index (χ4v) is 2.26. The average Bonchev–Trinajstić information content (AvgIpc) is 2.47. The highest BCUT2D eigenvalue weighted by molar-refractivity contribution is 5.78. The third kappa shape index (κ3) is 5.04. The summed E-state index contributed by atoms with van der Waals surface area (Å²) in [7, 11) is 4.09. The van der Waals surface area contributed by atoms with Crippen LogP contribution in [0, 0.1) is 0 Å². The van der Waals surface area contributed by atoms with Crippen molar-refractivity contribution in [1.29, 1.82) is 0 Å². The van der Waals surface area contributed by atoms with Gasteiger partial charge in [-0.2, -0.15) is 0 Å². The Labute approximate surface area is 126 Å². The van der Waals surface area contributed by atoms with Crippen LogP contribution in [0.3, 0.4) is 0 Å². The Balaban J connectivity index is 1.92. The molecule has 0 bridgehead atoms. The second kappa shape index (κ2) is 7.60. The van der Waals surface area contributed by atoms with Crippen LogP contribution in [0.4, 0.5) is 0 Å². The van der Waals surface area contributed by atoms with Gasteiger partial charge >= 0.3 is 0 Å². The molecule has 0 unspecified atom stereocenters. The van der Waals surface area contributed by atoms with Crippen LogP contribution in [0.5, 0.6) is 0 Å². The lowest BCUT2D eigenvalue weighted by atomic mass is 10.1. The monoisotopic (exact) mass is 282 g/mol. The first-order valence-corrected chi connectivity index (χ1v) is 7.17. The molecule has 2 aromatic carbocycles. The highest BCUT2D eigenvalue weighted by atomic mass is 16.1. The number of nitrogens with one attached hydrogen (secondary N) is 1. The standard InChI is InChI=1S/C18H22N2O/c1-20(2)14-17-11-7-6-10-16(17)13-19-18(21)12-15-8-4-3-5-9-15/h3-11H,12-14H2,1-2H3,(H,19,21). The molecule has 3 nitrogen and oxygen atoms in total. The molecule has 1 amide bonds. The lowest BCUT2D eigenvalue weighted by Gasteiger charge is -2.14. The zero-order chi connectivity index (χ0) is 15.1. The molecule has 1 N–H and O–H groups in total. The average molecular weight is 282 g/mol. The van der Waals surface area contributed by atoms with E-state index < -0.39 is 0 Å². The van der Waals surface area contributed by atoms with Crippen molar-refractivity contribution in [2.24, 2.45) is 0 Å². The molecule has 0 aromatic heterocycles. The molecule has 0 radical (unpaired) electrons. The molecule has 0 spiro atoms. The van der Waals surface area contributed by atoms with Gasteiger partial charge in [-0.15, -0.1) is 0 Å². The molecule has 0 saturated heterocycles. The SMILES string of the molecule is CN(C)Cc1ccccc1CNC(=O)Cc1ccccc1. The molecule has 0 fully saturated rings. The Kier molecular flexibility index (Phi) is 5.52. The number of carbonyl (C=O) groups excluding carboxylic acids is 1. The first kappa shape index (κ1) is 15.3. The number of rotatable bonds is 6. The van der Waals surface area contributed by atoms with Crippen molar-refractivity contribution in [3.05, 3.63) is 71.3 Å². The van der Waals surface area contributed by atoms with Gasteiger partial charge in [0, 0.05) is 13.1 Å². The van der Waals surface area contributed by atoms with E-state index in [2.05, 4.69) is 22.3 Å². The molecule has 0 aliphatic heterocycles. The molecule has 0 heterocycles. The van der Waals surface area contributed by atoms with Crippen LogP contribution < -0.4 is 5.32 Å². The van der Waals surface area contributed by atoms with Gasteiger partial charge in [0.2, 0.25) is 5.91 Å². The molecule has 21 heavy (non-hydrogen) atoms. The summed E-state index contributed by atoms with van der Waals surface area (Å²) in [6.45, 7) is 1.46. The van der Waals surface area contributed by atoms with Gasteiger partial charge in [0.25, 0.3) is 0 Å². The Hall–Kier alpha value is -2.13. The summed E-state index contributed by atoms with van der Waals surface area (Å²) in [6.07, 6.45) is 0.427. The topological polar surface area (TPSA) is 32.3 Å². The zero-order valence-corrected chi connectivity index (χ0v) is 12.7. The molecule has 0 atom stereocenters. The van der Waals surface area contributed by atoms with Crippen molar-refractivity contribution in [2.75, 3.05) is 14.1 Å². The molecular formula is C18H22N2O. The van der Waals surface area contributed by atoms with Crippen LogP contribution in [-0.2, 0) is 24.3 Å². The Morgan fingerprint density at radius 3 is 2.24 bits per heavy atom. The normalized spacial score (nSPS) is 10.6. The largest absolute Gasteiger partial charge is 0.352 e. The van der Waals surface area contributed by atoms with Crippen molar-refractivity contribution in [2.45, 2.75) is 19.5 Å². The van der Waals surface area contributed by atoms with E-state index in [-0.39, 0.29) is 5.91 Å². The molecule has 0 aliphatic carbocycles. The number of hydrogen-bond donors (Lipinski definition) is 1. The third-order valence-corrected chi connectivity index (χ3v) is 3.29. The van der Waals surface area contributed by atoms with Crippen molar-refractivity contribution >= 4 is 5.91 Å². The number of benzene rings is 2. The lowest BCUT2D eigenvalue weighted by molar-refractivity contribution is -0.120. The first-order chi connectivity index (χ1) is 10.1. The fourth-order valence-electron chi connectivity index (χ4n) is 2.26. The lowest BCUT2D eigenvalue weighted by Crippen LogP contribution is -2.25. The van der Waals surface area contributed by atoms with E-state index in [1.807, 2.05) is 56.6 Å². The van der Waals surface area contributed by atoms with Crippen LogP contribution in [0.15, 0.2) is 54.6 Å². The predicted octanol–water partition coefficient (Wildman–Crippen LogP) is 2.61. The summed E-state index contributed by atoms with van der Waals surface area (Å²) in [4.78, 5) is 14.1. The third-order valence-electron chi connectivity index (χ3n) is 3.29. The number of nitrogens with zero attached hydrogens (tertiary/aromatic N) is 1. The van der Waals surface area contributed by atoms with Gasteiger partial charge in [-0.1, -0.05) is 54.6 Å². The summed E-state index contributed by atoms with van der Waals surface area (Å²) in [6, 6.07) is 18.0. The Morgan fingerprint density at radius 1 is 0.952 bits per heavy atom. The summed E-state index contributed by atoms with van der Waals surface area (Å²) >= 11 is 0. The number of carbonyl (C=O) groups is 1. The second-order valence-corrected chi connectivity index (χ2v) is 5.45. The van der Waals surface area contributed by atoms with E-state index in [0.717, 1.165) is 12.1 Å². The molecule has 0 aliphatic rings. The number of hydrogen-bond acceptors (Lipinski definition) is 2. The van der Waals surface area contributed by atoms with E-state index in [0.29, 0.717) is 13.0 Å². The predicted molar refractivity (Wildman–Crippen MR) is 85.8 cm³/mol. The van der Waals surface area contributed by atoms with Gasteiger partial charge in [0.15, 0.2) is 0 Å². The molecule has 110 valence electrons. The van der Waals surface area contributed by atoms with Crippen LogP contribution in [0.25, 0.3) is 0 Å². The zero-order valence-electron chi connectivity index (χ0n) is 12.7.